The van der Waals surface area contributed by atoms with E-state index in [0.717, 1.165) is 16.5 Å². The third-order valence-corrected chi connectivity index (χ3v) is 6.81. The fourth-order valence-electron chi connectivity index (χ4n) is 4.83. The zero-order chi connectivity index (χ0) is 20.3. The molecule has 0 bridgehead atoms. The van der Waals surface area contributed by atoms with Gasteiger partial charge < -0.3 is 9.31 Å². The van der Waals surface area contributed by atoms with E-state index in [4.69, 9.17) is 9.31 Å². The Morgan fingerprint density at radius 3 is 1.66 bits per heavy atom. The lowest BCUT2D eigenvalue weighted by Crippen LogP contribution is -2.51. The van der Waals surface area contributed by atoms with Gasteiger partial charge in [0.05, 0.1) is 0 Å². The first-order valence-corrected chi connectivity index (χ1v) is 10.4. The fraction of sp³-hybridized carbons (Fsp3) is 0.231. The molecule has 0 aliphatic carbocycles. The van der Waals surface area contributed by atoms with Gasteiger partial charge in [-0.15, -0.1) is 10.9 Å². The van der Waals surface area contributed by atoms with Crippen LogP contribution in [0.1, 0.15) is 44.4 Å². The van der Waals surface area contributed by atoms with Crippen molar-refractivity contribution >= 4 is 23.1 Å². The molecule has 0 aromatic heterocycles. The highest BCUT2D eigenvalue weighted by Crippen LogP contribution is 2.52. The van der Waals surface area contributed by atoms with E-state index in [2.05, 4.69) is 113 Å². The quantitative estimate of drug-likeness (QED) is 0.550. The van der Waals surface area contributed by atoms with Crippen molar-refractivity contribution in [1.82, 2.24) is 0 Å². The number of hydrogen-bond donors (Lipinski definition) is 0. The predicted octanol–water partition coefficient (Wildman–Crippen LogP) is 5.45. The molecule has 3 heteroatoms. The lowest BCUT2D eigenvalue weighted by Gasteiger charge is -2.38. The fourth-order valence-corrected chi connectivity index (χ4v) is 4.83. The van der Waals surface area contributed by atoms with Gasteiger partial charge in [0.2, 0.25) is 0 Å². The van der Waals surface area contributed by atoms with Crippen LogP contribution in [-0.4, -0.2) is 17.8 Å². The van der Waals surface area contributed by atoms with Gasteiger partial charge in [0.15, 0.2) is 0 Å². The molecule has 1 fully saturated rings. The molecule has 146 valence electrons. The smallest absolute Gasteiger partial charge is 0.301 e. The third kappa shape index (κ3) is 2.58. The van der Waals surface area contributed by atoms with Gasteiger partial charge in [0, 0.05) is 11.2 Å². The first-order valence-electron chi connectivity index (χ1n) is 10.4. The third-order valence-electron chi connectivity index (χ3n) is 6.81. The minimum Gasteiger partial charge on any atom is -0.554 e. The van der Waals surface area contributed by atoms with Crippen LogP contribution in [-0.2, 0) is 9.31 Å². The molecule has 1 spiro atoms. The van der Waals surface area contributed by atoms with Gasteiger partial charge in [-0.2, -0.15) is 0 Å². The normalized spacial score (nSPS) is 20.8. The van der Waals surface area contributed by atoms with Gasteiger partial charge in [0.25, 0.3) is 0 Å². The maximum atomic E-state index is 6.94. The van der Waals surface area contributed by atoms with Crippen molar-refractivity contribution in [3.05, 3.63) is 102 Å². The van der Waals surface area contributed by atoms with Crippen molar-refractivity contribution in [2.75, 3.05) is 0 Å². The zero-order valence-corrected chi connectivity index (χ0v) is 17.5. The van der Waals surface area contributed by atoms with Gasteiger partial charge in [-0.1, -0.05) is 96.1 Å². The second-order valence-electron chi connectivity index (χ2n) is 9.08. The van der Waals surface area contributed by atoms with Crippen LogP contribution in [0.15, 0.2) is 84.9 Å². The van der Waals surface area contributed by atoms with Crippen LogP contribution < -0.4 is 5.46 Å². The molecule has 2 heterocycles. The van der Waals surface area contributed by atoms with E-state index in [-0.39, 0.29) is 0 Å². The van der Waals surface area contributed by atoms with Crippen LogP contribution in [0.25, 0.3) is 11.0 Å². The molecule has 0 N–H and O–H groups in total. The molecule has 0 unspecified atom stereocenters. The maximum absolute atomic E-state index is 6.94. The minimum atomic E-state index is -1.82. The Balaban J connectivity index is 1.89. The summed E-state index contributed by atoms with van der Waals surface area (Å²) in [5.74, 6) is 0. The van der Waals surface area contributed by atoms with Gasteiger partial charge in [-0.05, 0) is 38.8 Å². The van der Waals surface area contributed by atoms with Crippen molar-refractivity contribution in [2.24, 2.45) is 0 Å². The Kier molecular flexibility index (Phi) is 3.93. The highest BCUT2D eigenvalue weighted by molar-refractivity contribution is 7.01. The summed E-state index contributed by atoms with van der Waals surface area (Å²) in [5.41, 5.74) is 6.19. The molecule has 0 radical (unpaired) electrons. The van der Waals surface area contributed by atoms with Gasteiger partial charge in [0.1, 0.15) is 0 Å². The standard InChI is InChI=1S/C26H26BO2/c1-25(2)26(3,4)29-27(28-25)22-18-12-11-17-21(22)23(19-13-7-5-8-14-19)24(27)20-15-9-6-10-16-20/h5-18H,1-4H3/q-1. The van der Waals surface area contributed by atoms with Crippen LogP contribution in [0.2, 0.25) is 0 Å². The molecule has 2 aliphatic heterocycles. The summed E-state index contributed by atoms with van der Waals surface area (Å²) < 4.78 is 13.9. The van der Waals surface area contributed by atoms with Gasteiger partial charge >= 0.3 is 6.55 Å². The van der Waals surface area contributed by atoms with Crippen LogP contribution in [0, 0.1) is 0 Å². The second kappa shape index (κ2) is 6.19. The Bertz CT molecular complexity index is 1080. The summed E-state index contributed by atoms with van der Waals surface area (Å²) in [5, 5.41) is 0. The molecule has 2 aliphatic rings. The number of rotatable bonds is 2. The Morgan fingerprint density at radius 2 is 1.07 bits per heavy atom. The average Bonchev–Trinajstić information content (AvgIpc) is 3.09. The summed E-state index contributed by atoms with van der Waals surface area (Å²) in [6.45, 7) is 6.72. The van der Waals surface area contributed by atoms with E-state index in [1.807, 2.05) is 0 Å². The molecular formula is C26H26BO2-. The van der Waals surface area contributed by atoms with Crippen molar-refractivity contribution in [3.63, 3.8) is 0 Å². The summed E-state index contributed by atoms with van der Waals surface area (Å²) in [4.78, 5) is 0. The van der Waals surface area contributed by atoms with E-state index in [1.54, 1.807) is 0 Å². The molecule has 29 heavy (non-hydrogen) atoms. The topological polar surface area (TPSA) is 18.5 Å². The molecular weight excluding hydrogens is 355 g/mol. The summed E-state index contributed by atoms with van der Waals surface area (Å²) in [6, 6.07) is 29.7. The number of fused-ring (bicyclic) bond motifs is 2. The summed E-state index contributed by atoms with van der Waals surface area (Å²) in [6.07, 6.45) is 0. The van der Waals surface area contributed by atoms with Crippen molar-refractivity contribution in [1.29, 1.82) is 0 Å². The monoisotopic (exact) mass is 381 g/mol. The van der Waals surface area contributed by atoms with Crippen LogP contribution in [0.4, 0.5) is 0 Å². The first kappa shape index (κ1) is 18.4. The van der Waals surface area contributed by atoms with Gasteiger partial charge in [-0.25, -0.2) is 0 Å². The van der Waals surface area contributed by atoms with Crippen molar-refractivity contribution in [2.45, 2.75) is 38.9 Å². The molecule has 0 saturated carbocycles. The second-order valence-corrected chi connectivity index (χ2v) is 9.08. The lowest BCUT2D eigenvalue weighted by atomic mass is 9.46. The van der Waals surface area contributed by atoms with Crippen molar-refractivity contribution < 1.29 is 9.31 Å². The Hall–Kier alpha value is -2.62. The molecule has 0 atom stereocenters. The SMILES string of the molecule is CC1(C)O[B-]2(OC1(C)C)C(c1ccccc1)=C(c1ccccc1)c1ccccc12. The van der Waals surface area contributed by atoms with Crippen LogP contribution in [0.5, 0.6) is 0 Å². The maximum Gasteiger partial charge on any atom is 0.301 e. The molecule has 2 nitrogen and oxygen atoms in total. The zero-order valence-electron chi connectivity index (χ0n) is 17.5. The van der Waals surface area contributed by atoms with Crippen LogP contribution >= 0.6 is 0 Å². The van der Waals surface area contributed by atoms with Crippen molar-refractivity contribution in [3.8, 4) is 0 Å². The molecule has 5 rings (SSSR count). The van der Waals surface area contributed by atoms with E-state index in [1.165, 1.54) is 16.7 Å². The molecule has 3 aromatic rings. The Labute approximate surface area is 173 Å². The first-order chi connectivity index (χ1) is 13.9. The number of benzene rings is 3. The molecule has 1 saturated heterocycles. The minimum absolute atomic E-state index is 0.424. The largest absolute Gasteiger partial charge is 0.554 e. The average molecular weight is 381 g/mol. The highest BCUT2D eigenvalue weighted by atomic mass is 16.7. The van der Waals surface area contributed by atoms with E-state index >= 15 is 0 Å². The van der Waals surface area contributed by atoms with E-state index in [9.17, 15) is 0 Å². The number of hydrogen-bond acceptors (Lipinski definition) is 2. The van der Waals surface area contributed by atoms with Gasteiger partial charge in [-0.3, -0.25) is 0 Å². The molecule has 3 aromatic carbocycles. The molecule has 0 amide bonds. The van der Waals surface area contributed by atoms with Crippen LogP contribution in [0.3, 0.4) is 0 Å². The summed E-state index contributed by atoms with van der Waals surface area (Å²) >= 11 is 0. The predicted molar refractivity (Wildman–Crippen MR) is 121 cm³/mol. The van der Waals surface area contributed by atoms with E-state index in [0.29, 0.717) is 0 Å². The highest BCUT2D eigenvalue weighted by Gasteiger charge is 2.56. The van der Waals surface area contributed by atoms with E-state index < -0.39 is 17.8 Å². The Morgan fingerprint density at radius 1 is 0.586 bits per heavy atom. The summed E-state index contributed by atoms with van der Waals surface area (Å²) in [7, 11) is 0. The lowest BCUT2D eigenvalue weighted by molar-refractivity contribution is 0.00578.